The van der Waals surface area contributed by atoms with Gasteiger partial charge >= 0.3 is 0 Å². The van der Waals surface area contributed by atoms with Crippen molar-refractivity contribution in [2.45, 2.75) is 5.92 Å². The van der Waals surface area contributed by atoms with Gasteiger partial charge in [-0.2, -0.15) is 5.10 Å². The molecule has 3 aromatic carbocycles. The first-order valence-electron chi connectivity index (χ1n) is 8.41. The SMILES string of the molecule is O=C(NN=Cc1cc(Br)cc(I)c1O)C1c2ccccc2Oc2ccccc21. The lowest BCUT2D eigenvalue weighted by Crippen LogP contribution is -2.28. The van der Waals surface area contributed by atoms with Gasteiger partial charge in [-0.15, -0.1) is 0 Å². The molecule has 0 unspecified atom stereocenters. The van der Waals surface area contributed by atoms with Crippen molar-refractivity contribution in [1.82, 2.24) is 5.43 Å². The van der Waals surface area contributed by atoms with E-state index in [4.69, 9.17) is 4.74 Å². The van der Waals surface area contributed by atoms with Crippen LogP contribution in [0.25, 0.3) is 0 Å². The highest BCUT2D eigenvalue weighted by atomic mass is 127. The topological polar surface area (TPSA) is 70.9 Å². The van der Waals surface area contributed by atoms with E-state index in [1.54, 1.807) is 12.1 Å². The maximum atomic E-state index is 13.0. The molecule has 1 aliphatic heterocycles. The minimum Gasteiger partial charge on any atom is -0.506 e. The second-order valence-electron chi connectivity index (χ2n) is 6.17. The van der Waals surface area contributed by atoms with Crippen molar-refractivity contribution in [2.75, 3.05) is 0 Å². The Hall–Kier alpha value is -2.39. The van der Waals surface area contributed by atoms with Crippen LogP contribution in [0.4, 0.5) is 0 Å². The Kier molecular flexibility index (Phi) is 5.36. The standard InChI is InChI=1S/C21H14BrIN2O3/c22-13-9-12(20(26)16(23)10-13)11-24-25-21(27)19-14-5-1-3-7-17(14)28-18-8-4-2-6-15(18)19/h1-11,19,26H,(H,25,27). The summed E-state index contributed by atoms with van der Waals surface area (Å²) in [5.41, 5.74) is 4.67. The summed E-state index contributed by atoms with van der Waals surface area (Å²) in [5.74, 6) is 0.621. The first-order valence-corrected chi connectivity index (χ1v) is 10.3. The van der Waals surface area contributed by atoms with E-state index in [1.165, 1.54) is 6.21 Å². The number of benzene rings is 3. The summed E-state index contributed by atoms with van der Waals surface area (Å²) in [6.07, 6.45) is 1.43. The van der Waals surface area contributed by atoms with Crippen LogP contribution in [0, 0.1) is 3.57 Å². The van der Waals surface area contributed by atoms with Crippen molar-refractivity contribution in [3.8, 4) is 17.2 Å². The van der Waals surface area contributed by atoms with Crippen molar-refractivity contribution in [3.63, 3.8) is 0 Å². The molecule has 0 saturated heterocycles. The van der Waals surface area contributed by atoms with Gasteiger partial charge in [0.2, 0.25) is 0 Å². The summed E-state index contributed by atoms with van der Waals surface area (Å²) in [4.78, 5) is 13.0. The number of halogens is 2. The van der Waals surface area contributed by atoms with Gasteiger partial charge in [0.1, 0.15) is 17.2 Å². The summed E-state index contributed by atoms with van der Waals surface area (Å²) in [6.45, 7) is 0. The predicted octanol–water partition coefficient (Wildman–Crippen LogP) is 5.15. The molecule has 28 heavy (non-hydrogen) atoms. The zero-order valence-corrected chi connectivity index (χ0v) is 18.1. The van der Waals surface area contributed by atoms with Crippen LogP contribution < -0.4 is 10.2 Å². The third-order valence-electron chi connectivity index (χ3n) is 4.38. The molecule has 1 heterocycles. The molecular formula is C21H14BrIN2O3. The van der Waals surface area contributed by atoms with E-state index >= 15 is 0 Å². The van der Waals surface area contributed by atoms with Crippen molar-refractivity contribution in [3.05, 3.63) is 85.4 Å². The highest BCUT2D eigenvalue weighted by Crippen LogP contribution is 2.43. The molecule has 7 heteroatoms. The number of rotatable bonds is 3. The molecule has 1 aliphatic rings. The summed E-state index contributed by atoms with van der Waals surface area (Å²) in [7, 11) is 0. The first kappa shape index (κ1) is 18.9. The molecule has 140 valence electrons. The zero-order valence-electron chi connectivity index (χ0n) is 14.4. The molecule has 5 nitrogen and oxygen atoms in total. The molecule has 0 bridgehead atoms. The second-order valence-corrected chi connectivity index (χ2v) is 8.25. The molecule has 0 spiro atoms. The summed E-state index contributed by atoms with van der Waals surface area (Å²) < 4.78 is 7.42. The minimum atomic E-state index is -0.533. The number of hydrogen-bond donors (Lipinski definition) is 2. The molecule has 2 N–H and O–H groups in total. The maximum absolute atomic E-state index is 13.0. The van der Waals surface area contributed by atoms with Gasteiger partial charge in [-0.25, -0.2) is 5.43 Å². The van der Waals surface area contributed by atoms with Gasteiger partial charge in [-0.3, -0.25) is 4.79 Å². The number of amides is 1. The molecule has 0 aliphatic carbocycles. The van der Waals surface area contributed by atoms with Crippen LogP contribution in [0.5, 0.6) is 17.2 Å². The van der Waals surface area contributed by atoms with Crippen LogP contribution in [0.1, 0.15) is 22.6 Å². The van der Waals surface area contributed by atoms with Crippen molar-refractivity contribution >= 4 is 50.6 Å². The lowest BCUT2D eigenvalue weighted by molar-refractivity contribution is -0.121. The number of para-hydroxylation sites is 2. The summed E-state index contributed by atoms with van der Waals surface area (Å²) in [5, 5.41) is 14.2. The number of nitrogens with zero attached hydrogens (tertiary/aromatic N) is 1. The quantitative estimate of drug-likeness (QED) is 0.270. The van der Waals surface area contributed by atoms with Gasteiger partial charge < -0.3 is 9.84 Å². The van der Waals surface area contributed by atoms with Crippen molar-refractivity contribution < 1.29 is 14.6 Å². The van der Waals surface area contributed by atoms with Crippen LogP contribution in [-0.2, 0) is 4.79 Å². The smallest absolute Gasteiger partial charge is 0.252 e. The second kappa shape index (κ2) is 7.92. The van der Waals surface area contributed by atoms with Gasteiger partial charge in [0, 0.05) is 21.2 Å². The van der Waals surface area contributed by atoms with E-state index < -0.39 is 5.92 Å². The van der Waals surface area contributed by atoms with Gasteiger partial charge in [0.05, 0.1) is 15.7 Å². The van der Waals surface area contributed by atoms with Gasteiger partial charge in [-0.1, -0.05) is 52.3 Å². The van der Waals surface area contributed by atoms with Crippen LogP contribution in [-0.4, -0.2) is 17.2 Å². The average Bonchev–Trinajstić information content (AvgIpc) is 2.69. The summed E-state index contributed by atoms with van der Waals surface area (Å²) >= 11 is 5.42. The van der Waals surface area contributed by atoms with Gasteiger partial charge in [0.15, 0.2) is 0 Å². The minimum absolute atomic E-state index is 0.114. The average molecular weight is 549 g/mol. The lowest BCUT2D eigenvalue weighted by Gasteiger charge is -2.26. The number of phenolic OH excluding ortho intramolecular Hbond substituents is 1. The van der Waals surface area contributed by atoms with Crippen LogP contribution in [0.2, 0.25) is 0 Å². The highest BCUT2D eigenvalue weighted by Gasteiger charge is 2.32. The van der Waals surface area contributed by atoms with Crippen LogP contribution >= 0.6 is 38.5 Å². The number of aromatic hydroxyl groups is 1. The van der Waals surface area contributed by atoms with Gasteiger partial charge in [-0.05, 0) is 46.9 Å². The third kappa shape index (κ3) is 3.64. The molecule has 0 fully saturated rings. The number of ether oxygens (including phenoxy) is 1. The van der Waals surface area contributed by atoms with E-state index in [0.717, 1.165) is 15.6 Å². The molecule has 0 radical (unpaired) electrons. The molecule has 4 rings (SSSR count). The number of nitrogens with one attached hydrogen (secondary N) is 1. The fourth-order valence-electron chi connectivity index (χ4n) is 3.11. The fourth-order valence-corrected chi connectivity index (χ4v) is 4.66. The third-order valence-corrected chi connectivity index (χ3v) is 5.66. The number of hydrazone groups is 1. The first-order chi connectivity index (χ1) is 13.5. The Balaban J connectivity index is 1.62. The lowest BCUT2D eigenvalue weighted by atomic mass is 9.87. The number of fused-ring (bicyclic) bond motifs is 2. The maximum Gasteiger partial charge on any atom is 0.252 e. The number of hydrogen-bond acceptors (Lipinski definition) is 4. The molecule has 1 amide bonds. The molecular weight excluding hydrogens is 535 g/mol. The van der Waals surface area contributed by atoms with E-state index in [-0.39, 0.29) is 11.7 Å². The van der Waals surface area contributed by atoms with Crippen LogP contribution in [0.15, 0.2) is 70.2 Å². The van der Waals surface area contributed by atoms with E-state index in [9.17, 15) is 9.90 Å². The molecule has 0 saturated carbocycles. The Morgan fingerprint density at radius 3 is 2.36 bits per heavy atom. The normalized spacial score (nSPS) is 12.9. The molecule has 0 aromatic heterocycles. The van der Waals surface area contributed by atoms with Crippen molar-refractivity contribution in [2.24, 2.45) is 5.10 Å². The monoisotopic (exact) mass is 548 g/mol. The van der Waals surface area contributed by atoms with E-state index in [0.29, 0.717) is 20.6 Å². The Morgan fingerprint density at radius 2 is 1.71 bits per heavy atom. The Morgan fingerprint density at radius 1 is 1.11 bits per heavy atom. The van der Waals surface area contributed by atoms with Crippen LogP contribution in [0.3, 0.4) is 0 Å². The van der Waals surface area contributed by atoms with Crippen molar-refractivity contribution in [1.29, 1.82) is 0 Å². The number of carbonyl (C=O) groups excluding carboxylic acids is 1. The number of carbonyl (C=O) groups is 1. The zero-order chi connectivity index (χ0) is 19.7. The Labute approximate surface area is 183 Å². The molecule has 3 aromatic rings. The van der Waals surface area contributed by atoms with E-state index in [2.05, 4.69) is 26.5 Å². The molecule has 0 atom stereocenters. The summed E-state index contributed by atoms with van der Waals surface area (Å²) in [6, 6.07) is 18.5. The fraction of sp³-hybridized carbons (Fsp3) is 0.0476. The number of phenols is 1. The Bertz CT molecular complexity index is 1060. The highest BCUT2D eigenvalue weighted by molar-refractivity contribution is 14.1. The predicted molar refractivity (Wildman–Crippen MR) is 119 cm³/mol. The van der Waals surface area contributed by atoms with E-state index in [1.807, 2.05) is 71.1 Å². The largest absolute Gasteiger partial charge is 0.506 e. The van der Waals surface area contributed by atoms with Gasteiger partial charge in [0.25, 0.3) is 5.91 Å².